The Kier molecular flexibility index (Phi) is 4.55. The molecule has 2 heterocycles. The second-order valence-electron chi connectivity index (χ2n) is 6.18. The third kappa shape index (κ3) is 4.28. The van der Waals surface area contributed by atoms with Crippen molar-refractivity contribution >= 4 is 11.7 Å². The van der Waals surface area contributed by atoms with Crippen LogP contribution in [0.15, 0.2) is 10.6 Å². The summed E-state index contributed by atoms with van der Waals surface area (Å²) in [6.07, 6.45) is 6.20. The van der Waals surface area contributed by atoms with E-state index in [0.717, 1.165) is 13.1 Å². The molecule has 2 N–H and O–H groups in total. The molecule has 2 fully saturated rings. The zero-order valence-electron chi connectivity index (χ0n) is 12.6. The van der Waals surface area contributed by atoms with Crippen LogP contribution in [0.2, 0.25) is 0 Å². The van der Waals surface area contributed by atoms with E-state index in [2.05, 4.69) is 20.7 Å². The first-order valence-corrected chi connectivity index (χ1v) is 7.91. The highest BCUT2D eigenvalue weighted by Gasteiger charge is 2.32. The number of carbonyl (C=O) groups is 1. The fourth-order valence-electron chi connectivity index (χ4n) is 2.94. The lowest BCUT2D eigenvalue weighted by Crippen LogP contribution is -2.46. The number of rotatable bonds is 6. The van der Waals surface area contributed by atoms with Crippen molar-refractivity contribution in [3.8, 4) is 0 Å². The Labute approximate surface area is 125 Å². The minimum absolute atomic E-state index is 0.00832. The van der Waals surface area contributed by atoms with Gasteiger partial charge in [0.25, 0.3) is 0 Å². The summed E-state index contributed by atoms with van der Waals surface area (Å²) >= 11 is 0. The van der Waals surface area contributed by atoms with E-state index in [1.807, 2.05) is 6.92 Å². The second-order valence-corrected chi connectivity index (χ2v) is 6.18. The maximum absolute atomic E-state index is 12.2. The topological polar surface area (TPSA) is 70.4 Å². The molecule has 116 valence electrons. The van der Waals surface area contributed by atoms with Gasteiger partial charge in [-0.05, 0) is 39.2 Å². The molecule has 1 aliphatic carbocycles. The Balaban J connectivity index is 1.50. The normalized spacial score (nSPS) is 22.5. The summed E-state index contributed by atoms with van der Waals surface area (Å²) < 4.78 is 4.96. The molecule has 0 aromatic carbocycles. The minimum atomic E-state index is -0.00832. The van der Waals surface area contributed by atoms with Gasteiger partial charge in [-0.2, -0.15) is 0 Å². The molecule has 21 heavy (non-hydrogen) atoms. The van der Waals surface area contributed by atoms with E-state index in [4.69, 9.17) is 4.52 Å². The molecule has 1 aliphatic heterocycles. The van der Waals surface area contributed by atoms with E-state index in [1.165, 1.54) is 32.1 Å². The lowest BCUT2D eigenvalue weighted by atomic mass is 10.0. The summed E-state index contributed by atoms with van der Waals surface area (Å²) in [6.45, 7) is 4.33. The second kappa shape index (κ2) is 6.58. The van der Waals surface area contributed by atoms with Gasteiger partial charge in [0.2, 0.25) is 5.91 Å². The van der Waals surface area contributed by atoms with Crippen LogP contribution in [0.5, 0.6) is 0 Å². The Bertz CT molecular complexity index is 478. The van der Waals surface area contributed by atoms with Crippen LogP contribution < -0.4 is 10.6 Å². The molecule has 1 saturated carbocycles. The van der Waals surface area contributed by atoms with Crippen LogP contribution in [-0.4, -0.2) is 47.7 Å². The van der Waals surface area contributed by atoms with Gasteiger partial charge in [-0.3, -0.25) is 9.69 Å². The number of aryl methyl sites for hydroxylation is 1. The number of hydrogen-bond donors (Lipinski definition) is 2. The number of hydrogen-bond acceptors (Lipinski definition) is 5. The number of amides is 1. The number of carbonyl (C=O) groups excluding carboxylic acids is 1. The molecule has 1 aromatic heterocycles. The van der Waals surface area contributed by atoms with Gasteiger partial charge in [0.1, 0.15) is 5.76 Å². The van der Waals surface area contributed by atoms with E-state index in [1.54, 1.807) is 6.07 Å². The maximum atomic E-state index is 12.2. The highest BCUT2D eigenvalue weighted by molar-refractivity contribution is 5.91. The average molecular weight is 292 g/mol. The summed E-state index contributed by atoms with van der Waals surface area (Å²) in [5, 5.41) is 10.2. The molecule has 3 rings (SSSR count). The highest BCUT2D eigenvalue weighted by atomic mass is 16.5. The van der Waals surface area contributed by atoms with Crippen molar-refractivity contribution in [3.63, 3.8) is 0 Å². The van der Waals surface area contributed by atoms with Gasteiger partial charge >= 0.3 is 0 Å². The van der Waals surface area contributed by atoms with Gasteiger partial charge in [-0.15, -0.1) is 0 Å². The smallest absolute Gasteiger partial charge is 0.239 e. The quantitative estimate of drug-likeness (QED) is 0.832. The van der Waals surface area contributed by atoms with Crippen molar-refractivity contribution < 1.29 is 9.32 Å². The summed E-state index contributed by atoms with van der Waals surface area (Å²) in [4.78, 5) is 14.5. The van der Waals surface area contributed by atoms with Crippen molar-refractivity contribution in [3.05, 3.63) is 11.8 Å². The van der Waals surface area contributed by atoms with E-state index in [0.29, 0.717) is 30.2 Å². The van der Waals surface area contributed by atoms with Crippen LogP contribution in [0, 0.1) is 6.92 Å². The van der Waals surface area contributed by atoms with Crippen molar-refractivity contribution in [1.82, 2.24) is 15.4 Å². The molecule has 1 atom stereocenters. The van der Waals surface area contributed by atoms with Gasteiger partial charge in [0.15, 0.2) is 5.82 Å². The predicted octanol–water partition coefficient (Wildman–Crippen LogP) is 1.53. The van der Waals surface area contributed by atoms with Crippen molar-refractivity contribution in [2.24, 2.45) is 0 Å². The number of nitrogens with one attached hydrogen (secondary N) is 2. The van der Waals surface area contributed by atoms with Crippen molar-refractivity contribution in [2.75, 3.05) is 25.0 Å². The molecular formula is C15H24N4O2. The zero-order chi connectivity index (χ0) is 14.7. The highest BCUT2D eigenvalue weighted by Crippen LogP contribution is 2.27. The zero-order valence-corrected chi connectivity index (χ0v) is 12.6. The average Bonchev–Trinajstić information content (AvgIpc) is 3.23. The first kappa shape index (κ1) is 14.5. The number of piperidine rings is 1. The SMILES string of the molecule is Cc1cc(NC(=O)CN(CC2CCCCN2)C2CC2)no1. The molecule has 6 nitrogen and oxygen atoms in total. The fraction of sp³-hybridized carbons (Fsp3) is 0.733. The first-order chi connectivity index (χ1) is 10.2. The molecule has 1 saturated heterocycles. The summed E-state index contributed by atoms with van der Waals surface area (Å²) in [5.41, 5.74) is 0. The van der Waals surface area contributed by atoms with Gasteiger partial charge in [0, 0.05) is 24.7 Å². The van der Waals surface area contributed by atoms with Gasteiger partial charge in [-0.1, -0.05) is 11.6 Å². The summed E-state index contributed by atoms with van der Waals surface area (Å²) in [6, 6.07) is 2.85. The lowest BCUT2D eigenvalue weighted by molar-refractivity contribution is -0.117. The Morgan fingerprint density at radius 1 is 1.48 bits per heavy atom. The third-order valence-electron chi connectivity index (χ3n) is 4.17. The molecule has 1 amide bonds. The maximum Gasteiger partial charge on any atom is 0.239 e. The van der Waals surface area contributed by atoms with Gasteiger partial charge in [-0.25, -0.2) is 0 Å². The van der Waals surface area contributed by atoms with Crippen LogP contribution in [0.1, 0.15) is 37.9 Å². The Hall–Kier alpha value is -1.40. The first-order valence-electron chi connectivity index (χ1n) is 7.91. The molecule has 1 unspecified atom stereocenters. The van der Waals surface area contributed by atoms with Crippen LogP contribution in [0.3, 0.4) is 0 Å². The molecular weight excluding hydrogens is 268 g/mol. The minimum Gasteiger partial charge on any atom is -0.360 e. The summed E-state index contributed by atoms with van der Waals surface area (Å²) in [5.74, 6) is 1.20. The number of aromatic nitrogens is 1. The van der Waals surface area contributed by atoms with E-state index in [-0.39, 0.29) is 5.91 Å². The van der Waals surface area contributed by atoms with E-state index in [9.17, 15) is 4.79 Å². The van der Waals surface area contributed by atoms with E-state index >= 15 is 0 Å². The monoisotopic (exact) mass is 292 g/mol. The van der Waals surface area contributed by atoms with Crippen LogP contribution in [-0.2, 0) is 4.79 Å². The molecule has 6 heteroatoms. The largest absolute Gasteiger partial charge is 0.360 e. The Morgan fingerprint density at radius 3 is 2.95 bits per heavy atom. The fourth-order valence-corrected chi connectivity index (χ4v) is 2.94. The van der Waals surface area contributed by atoms with Crippen LogP contribution in [0.25, 0.3) is 0 Å². The molecule has 0 bridgehead atoms. The molecule has 0 spiro atoms. The van der Waals surface area contributed by atoms with Crippen LogP contribution in [0.4, 0.5) is 5.82 Å². The van der Waals surface area contributed by atoms with E-state index < -0.39 is 0 Å². The molecule has 0 radical (unpaired) electrons. The van der Waals surface area contributed by atoms with Gasteiger partial charge < -0.3 is 15.2 Å². The molecule has 2 aliphatic rings. The standard InChI is InChI=1S/C15H24N4O2/c1-11-8-14(18-21-11)17-15(20)10-19(13-5-6-13)9-12-4-2-3-7-16-12/h8,12-13,16H,2-7,9-10H2,1H3,(H,17,18,20). The number of nitrogens with zero attached hydrogens (tertiary/aromatic N) is 2. The molecule has 1 aromatic rings. The Morgan fingerprint density at radius 2 is 2.33 bits per heavy atom. The third-order valence-corrected chi connectivity index (χ3v) is 4.17. The van der Waals surface area contributed by atoms with Crippen molar-refractivity contribution in [1.29, 1.82) is 0 Å². The lowest BCUT2D eigenvalue weighted by Gasteiger charge is -2.30. The summed E-state index contributed by atoms with van der Waals surface area (Å²) in [7, 11) is 0. The number of anilines is 1. The van der Waals surface area contributed by atoms with Crippen LogP contribution >= 0.6 is 0 Å². The predicted molar refractivity (Wildman–Crippen MR) is 80.1 cm³/mol. The van der Waals surface area contributed by atoms with Gasteiger partial charge in [0.05, 0.1) is 6.54 Å². The van der Waals surface area contributed by atoms with Crippen molar-refractivity contribution in [2.45, 2.75) is 51.1 Å².